The van der Waals surface area contributed by atoms with Gasteiger partial charge in [-0.3, -0.25) is 0 Å². The molecule has 0 atom stereocenters. The van der Waals surface area contributed by atoms with Gasteiger partial charge in [-0.2, -0.15) is 0 Å². The summed E-state index contributed by atoms with van der Waals surface area (Å²) >= 11 is 0. The third-order valence-corrected chi connectivity index (χ3v) is 2.81. The summed E-state index contributed by atoms with van der Waals surface area (Å²) in [6, 6.07) is 21.4. The van der Waals surface area contributed by atoms with Crippen LogP contribution in [0.25, 0.3) is 0 Å². The van der Waals surface area contributed by atoms with Gasteiger partial charge in [0.15, 0.2) is 0 Å². The number of hydrogen-bond donors (Lipinski definition) is 4. The minimum Gasteiger partial charge on any atom is -0.465 e. The van der Waals surface area contributed by atoms with Crippen molar-refractivity contribution in [1.29, 1.82) is 0 Å². The Morgan fingerprint density at radius 1 is 0.826 bits per heavy atom. The van der Waals surface area contributed by atoms with E-state index in [4.69, 9.17) is 19.8 Å². The molecule has 124 valence electrons. The summed E-state index contributed by atoms with van der Waals surface area (Å²) in [7, 11) is 0. The Balaban J connectivity index is 0.000000509. The van der Waals surface area contributed by atoms with Crippen LogP contribution in [0.2, 0.25) is 0 Å². The quantitative estimate of drug-likeness (QED) is 0.691. The maximum atomic E-state index is 8.78. The fourth-order valence-electron chi connectivity index (χ4n) is 2.03. The van der Waals surface area contributed by atoms with E-state index in [2.05, 4.69) is 79.1 Å². The van der Waals surface area contributed by atoms with Crippen molar-refractivity contribution in [2.75, 3.05) is 0 Å². The fourth-order valence-corrected chi connectivity index (χ4v) is 2.03. The first-order valence-electron chi connectivity index (χ1n) is 6.95. The van der Waals surface area contributed by atoms with Gasteiger partial charge in [-0.15, -0.1) is 0 Å². The number of nitrogens with two attached hydrogens (primary N) is 2. The first-order chi connectivity index (χ1) is 10.9. The lowest BCUT2D eigenvalue weighted by Crippen LogP contribution is -2.03. The summed E-state index contributed by atoms with van der Waals surface area (Å²) in [5.41, 5.74) is 10.9. The number of benzene rings is 2. The number of primary amides is 2. The van der Waals surface area contributed by atoms with E-state index in [0.29, 0.717) is 5.92 Å². The normalized spacial score (nSPS) is 8.96. The summed E-state index contributed by atoms with van der Waals surface area (Å²) in [6.07, 6.45) is -1.52. The minimum atomic E-state index is -1.33. The van der Waals surface area contributed by atoms with Crippen LogP contribution in [0.15, 0.2) is 60.7 Å². The van der Waals surface area contributed by atoms with E-state index < -0.39 is 12.2 Å². The third-order valence-electron chi connectivity index (χ3n) is 2.81. The topological polar surface area (TPSA) is 127 Å². The zero-order valence-corrected chi connectivity index (χ0v) is 12.9. The van der Waals surface area contributed by atoms with Crippen LogP contribution in [0.3, 0.4) is 0 Å². The Hall–Kier alpha value is -3.02. The standard InChI is InChI=1S/C15H16.2CH3NO2/c1-2-15(13-9-5-3-6-10-13)14-11-7-4-8-12-14;2*2-1(3)4/h3-12,15H,2H2,1H3;2*2H2,(H,3,4). The molecule has 2 amide bonds. The molecular weight excluding hydrogens is 296 g/mol. The number of hydrogen-bond acceptors (Lipinski definition) is 2. The molecule has 0 heterocycles. The molecule has 6 N–H and O–H groups in total. The number of amides is 2. The van der Waals surface area contributed by atoms with Crippen molar-refractivity contribution in [1.82, 2.24) is 0 Å². The van der Waals surface area contributed by atoms with Gasteiger partial charge in [-0.05, 0) is 17.5 Å². The molecule has 0 unspecified atom stereocenters. The van der Waals surface area contributed by atoms with Crippen LogP contribution in [-0.4, -0.2) is 22.4 Å². The summed E-state index contributed by atoms with van der Waals surface area (Å²) in [4.78, 5) is 17.6. The first kappa shape index (κ1) is 20.0. The highest BCUT2D eigenvalue weighted by Crippen LogP contribution is 2.26. The lowest BCUT2D eigenvalue weighted by molar-refractivity contribution is 0.204. The van der Waals surface area contributed by atoms with Gasteiger partial charge >= 0.3 is 12.2 Å². The smallest absolute Gasteiger partial charge is 0.402 e. The second-order valence-corrected chi connectivity index (χ2v) is 4.46. The van der Waals surface area contributed by atoms with Gasteiger partial charge in [0.2, 0.25) is 0 Å². The summed E-state index contributed by atoms with van der Waals surface area (Å²) < 4.78 is 0. The predicted molar refractivity (Wildman–Crippen MR) is 89.4 cm³/mol. The van der Waals surface area contributed by atoms with E-state index in [1.54, 1.807) is 0 Å². The van der Waals surface area contributed by atoms with Crippen LogP contribution in [0.1, 0.15) is 30.4 Å². The summed E-state index contributed by atoms with van der Waals surface area (Å²) in [6.45, 7) is 2.24. The zero-order valence-electron chi connectivity index (χ0n) is 12.9. The lowest BCUT2D eigenvalue weighted by Gasteiger charge is -2.15. The van der Waals surface area contributed by atoms with Crippen LogP contribution < -0.4 is 11.5 Å². The maximum absolute atomic E-state index is 8.78. The van der Waals surface area contributed by atoms with E-state index in [1.165, 1.54) is 11.1 Å². The van der Waals surface area contributed by atoms with Gasteiger partial charge in [0.1, 0.15) is 0 Å². The molecule has 0 aliphatic rings. The van der Waals surface area contributed by atoms with Gasteiger partial charge in [-0.25, -0.2) is 9.59 Å². The molecule has 0 saturated carbocycles. The zero-order chi connectivity index (χ0) is 17.7. The molecule has 0 radical (unpaired) electrons. The number of rotatable bonds is 3. The van der Waals surface area contributed by atoms with Gasteiger partial charge in [0.05, 0.1) is 0 Å². The second-order valence-electron chi connectivity index (χ2n) is 4.46. The van der Waals surface area contributed by atoms with Crippen LogP contribution in [0, 0.1) is 0 Å². The third kappa shape index (κ3) is 10.4. The lowest BCUT2D eigenvalue weighted by atomic mass is 9.89. The predicted octanol–water partition coefficient (Wildman–Crippen LogP) is 3.47. The van der Waals surface area contributed by atoms with Crippen molar-refractivity contribution in [3.63, 3.8) is 0 Å². The van der Waals surface area contributed by atoms with E-state index >= 15 is 0 Å². The molecule has 6 nitrogen and oxygen atoms in total. The molecule has 0 aliphatic carbocycles. The highest BCUT2D eigenvalue weighted by molar-refractivity contribution is 5.61. The summed E-state index contributed by atoms with van der Waals surface area (Å²) in [5, 5.41) is 14.4. The molecule has 6 heteroatoms. The van der Waals surface area contributed by atoms with E-state index in [1.807, 2.05) is 0 Å². The Kier molecular flexibility index (Phi) is 10.1. The maximum Gasteiger partial charge on any atom is 0.402 e. The van der Waals surface area contributed by atoms with E-state index in [-0.39, 0.29) is 0 Å². The van der Waals surface area contributed by atoms with Crippen molar-refractivity contribution >= 4 is 12.2 Å². The molecule has 0 bridgehead atoms. The van der Waals surface area contributed by atoms with Crippen LogP contribution in [-0.2, 0) is 0 Å². The molecule has 2 rings (SSSR count). The van der Waals surface area contributed by atoms with Gasteiger partial charge in [0, 0.05) is 5.92 Å². The van der Waals surface area contributed by atoms with Crippen LogP contribution >= 0.6 is 0 Å². The van der Waals surface area contributed by atoms with Crippen molar-refractivity contribution in [2.45, 2.75) is 19.3 Å². The van der Waals surface area contributed by atoms with Crippen LogP contribution in [0.5, 0.6) is 0 Å². The molecule has 2 aromatic carbocycles. The Bertz CT molecular complexity index is 514. The van der Waals surface area contributed by atoms with Gasteiger partial charge in [-0.1, -0.05) is 67.6 Å². The largest absolute Gasteiger partial charge is 0.465 e. The Morgan fingerprint density at radius 2 is 1.09 bits per heavy atom. The summed E-state index contributed by atoms with van der Waals surface area (Å²) in [5.74, 6) is 0.535. The molecular formula is C17H22N2O4. The van der Waals surface area contributed by atoms with E-state index in [9.17, 15) is 0 Å². The first-order valence-corrected chi connectivity index (χ1v) is 6.95. The van der Waals surface area contributed by atoms with Crippen LogP contribution in [0.4, 0.5) is 9.59 Å². The van der Waals surface area contributed by atoms with Gasteiger partial charge in [0.25, 0.3) is 0 Å². The highest BCUT2D eigenvalue weighted by atomic mass is 16.4. The van der Waals surface area contributed by atoms with Crippen molar-refractivity contribution in [3.05, 3.63) is 71.8 Å². The minimum absolute atomic E-state index is 0.535. The molecule has 0 fully saturated rings. The van der Waals surface area contributed by atoms with Crippen molar-refractivity contribution in [3.8, 4) is 0 Å². The molecule has 0 spiro atoms. The highest BCUT2D eigenvalue weighted by Gasteiger charge is 2.10. The second kappa shape index (κ2) is 11.6. The molecule has 0 aromatic heterocycles. The number of carboxylic acid groups (broad SMARTS) is 2. The molecule has 0 saturated heterocycles. The molecule has 0 aliphatic heterocycles. The van der Waals surface area contributed by atoms with Gasteiger partial charge < -0.3 is 21.7 Å². The Morgan fingerprint density at radius 3 is 1.30 bits per heavy atom. The fraction of sp³-hybridized carbons (Fsp3) is 0.176. The Labute approximate surface area is 135 Å². The average Bonchev–Trinajstić information content (AvgIpc) is 2.49. The SMILES string of the molecule is CCC(c1ccccc1)c1ccccc1.NC(=O)O.NC(=O)O. The average molecular weight is 318 g/mol. The monoisotopic (exact) mass is 318 g/mol. The molecule has 2 aromatic rings. The van der Waals surface area contributed by atoms with Crippen molar-refractivity contribution < 1.29 is 19.8 Å². The van der Waals surface area contributed by atoms with Crippen molar-refractivity contribution in [2.24, 2.45) is 11.5 Å². The van der Waals surface area contributed by atoms with E-state index in [0.717, 1.165) is 6.42 Å². The molecule has 23 heavy (non-hydrogen) atoms. The number of carbonyl (C=O) groups is 2.